The van der Waals surface area contributed by atoms with Gasteiger partial charge in [0.1, 0.15) is 5.66 Å². The molecule has 1 N–H and O–H groups in total. The van der Waals surface area contributed by atoms with Crippen LogP contribution in [0.3, 0.4) is 0 Å². The molecule has 0 radical (unpaired) electrons. The third-order valence-electron chi connectivity index (χ3n) is 5.50. The highest BCUT2D eigenvalue weighted by molar-refractivity contribution is 5.16. The number of benzene rings is 1. The van der Waals surface area contributed by atoms with Crippen LogP contribution in [0, 0.1) is 0 Å². The second kappa shape index (κ2) is 11.2. The first-order valence-electron chi connectivity index (χ1n) is 10.5. The fourth-order valence-corrected chi connectivity index (χ4v) is 3.73. The summed E-state index contributed by atoms with van der Waals surface area (Å²) < 4.78 is 0. The lowest BCUT2D eigenvalue weighted by Gasteiger charge is -2.37. The van der Waals surface area contributed by atoms with E-state index in [0.29, 0.717) is 0 Å². The second-order valence-corrected chi connectivity index (χ2v) is 7.78. The number of rotatable bonds is 13. The van der Waals surface area contributed by atoms with Crippen molar-refractivity contribution in [2.75, 3.05) is 0 Å². The summed E-state index contributed by atoms with van der Waals surface area (Å²) >= 11 is 0. The number of unbranched alkanes of at least 4 members (excludes halogenated alkanes) is 9. The van der Waals surface area contributed by atoms with Crippen LogP contribution in [0.2, 0.25) is 0 Å². The van der Waals surface area contributed by atoms with Crippen LogP contribution in [0.1, 0.15) is 90.0 Å². The maximum atomic E-state index is 3.58. The van der Waals surface area contributed by atoms with Gasteiger partial charge in [-0.1, -0.05) is 95.0 Å². The molecule has 1 aromatic carbocycles. The molecular formula is C23H38N2. The summed E-state index contributed by atoms with van der Waals surface area (Å²) in [6.07, 6.45) is 19.5. The average Bonchev–Trinajstić information content (AvgIpc) is 2.98. The molecule has 1 atom stereocenters. The summed E-state index contributed by atoms with van der Waals surface area (Å²) in [5.74, 6) is 0. The first-order chi connectivity index (χ1) is 12.2. The van der Waals surface area contributed by atoms with Gasteiger partial charge in [0.2, 0.25) is 0 Å². The molecule has 2 heteroatoms. The first-order valence-corrected chi connectivity index (χ1v) is 10.5. The average molecular weight is 343 g/mol. The van der Waals surface area contributed by atoms with Crippen molar-refractivity contribution in [2.45, 2.75) is 96.7 Å². The molecule has 25 heavy (non-hydrogen) atoms. The summed E-state index contributed by atoms with van der Waals surface area (Å²) in [6, 6.07) is 10.8. The normalized spacial score (nSPS) is 19.4. The van der Waals surface area contributed by atoms with E-state index < -0.39 is 0 Å². The minimum Gasteiger partial charge on any atom is -0.368 e. The third-order valence-corrected chi connectivity index (χ3v) is 5.50. The first kappa shape index (κ1) is 19.9. The zero-order valence-electron chi connectivity index (χ0n) is 16.5. The maximum absolute atomic E-state index is 3.58. The summed E-state index contributed by atoms with van der Waals surface area (Å²) in [5.41, 5.74) is 1.46. The summed E-state index contributed by atoms with van der Waals surface area (Å²) in [7, 11) is 0. The zero-order chi connectivity index (χ0) is 17.8. The van der Waals surface area contributed by atoms with E-state index in [1.807, 2.05) is 0 Å². The molecule has 1 unspecified atom stereocenters. The van der Waals surface area contributed by atoms with Crippen LogP contribution >= 0.6 is 0 Å². The highest BCUT2D eigenvalue weighted by Gasteiger charge is 2.31. The van der Waals surface area contributed by atoms with E-state index in [-0.39, 0.29) is 5.66 Å². The Morgan fingerprint density at radius 3 is 2.08 bits per heavy atom. The van der Waals surface area contributed by atoms with Crippen LogP contribution in [-0.4, -0.2) is 10.6 Å². The number of hydrogen-bond acceptors (Lipinski definition) is 2. The van der Waals surface area contributed by atoms with Crippen molar-refractivity contribution in [2.24, 2.45) is 0 Å². The van der Waals surface area contributed by atoms with Gasteiger partial charge in [-0.15, -0.1) is 0 Å². The Kier molecular flexibility index (Phi) is 8.93. The van der Waals surface area contributed by atoms with Gasteiger partial charge in [-0.25, -0.2) is 0 Å². The van der Waals surface area contributed by atoms with E-state index in [1.165, 1.54) is 76.2 Å². The molecule has 0 saturated heterocycles. The molecule has 0 aromatic heterocycles. The zero-order valence-corrected chi connectivity index (χ0v) is 16.5. The fourth-order valence-electron chi connectivity index (χ4n) is 3.73. The predicted molar refractivity (Wildman–Crippen MR) is 109 cm³/mol. The Morgan fingerprint density at radius 2 is 1.44 bits per heavy atom. The van der Waals surface area contributed by atoms with E-state index in [2.05, 4.69) is 66.8 Å². The van der Waals surface area contributed by atoms with Crippen molar-refractivity contribution in [1.29, 1.82) is 0 Å². The fraction of sp³-hybridized carbons (Fsp3) is 0.652. The Bertz CT molecular complexity index is 482. The van der Waals surface area contributed by atoms with E-state index in [1.54, 1.807) is 0 Å². The number of hydrogen-bond donors (Lipinski definition) is 1. The lowest BCUT2D eigenvalue weighted by atomic mass is 10.00. The maximum Gasteiger partial charge on any atom is 0.107 e. The van der Waals surface area contributed by atoms with Gasteiger partial charge < -0.3 is 10.2 Å². The largest absolute Gasteiger partial charge is 0.368 e. The smallest absolute Gasteiger partial charge is 0.107 e. The summed E-state index contributed by atoms with van der Waals surface area (Å²) in [5, 5.41) is 3.58. The molecule has 1 aliphatic heterocycles. The molecular weight excluding hydrogens is 304 g/mol. The van der Waals surface area contributed by atoms with Crippen LogP contribution in [0.25, 0.3) is 0 Å². The molecule has 0 spiro atoms. The molecule has 0 saturated carbocycles. The predicted octanol–water partition coefficient (Wildman–Crippen LogP) is 6.59. The van der Waals surface area contributed by atoms with Crippen molar-refractivity contribution >= 4 is 0 Å². The van der Waals surface area contributed by atoms with Crippen LogP contribution in [0.15, 0.2) is 42.7 Å². The summed E-state index contributed by atoms with van der Waals surface area (Å²) in [6.45, 7) is 5.61. The second-order valence-electron chi connectivity index (χ2n) is 7.78. The van der Waals surface area contributed by atoms with Crippen molar-refractivity contribution in [1.82, 2.24) is 10.2 Å². The van der Waals surface area contributed by atoms with E-state index in [9.17, 15) is 0 Å². The number of nitrogens with zero attached hydrogens (tertiary/aromatic N) is 1. The molecule has 1 aliphatic rings. The van der Waals surface area contributed by atoms with Gasteiger partial charge in [-0.2, -0.15) is 0 Å². The summed E-state index contributed by atoms with van der Waals surface area (Å²) in [4.78, 5) is 2.45. The Morgan fingerprint density at radius 1 is 0.840 bits per heavy atom. The molecule has 0 fully saturated rings. The lowest BCUT2D eigenvalue weighted by Crippen LogP contribution is -2.48. The molecule has 0 aliphatic carbocycles. The van der Waals surface area contributed by atoms with Crippen molar-refractivity contribution in [3.63, 3.8) is 0 Å². The van der Waals surface area contributed by atoms with Crippen LogP contribution in [0.5, 0.6) is 0 Å². The lowest BCUT2D eigenvalue weighted by molar-refractivity contribution is 0.139. The van der Waals surface area contributed by atoms with Gasteiger partial charge in [0.15, 0.2) is 0 Å². The van der Waals surface area contributed by atoms with Gasteiger partial charge in [0.25, 0.3) is 0 Å². The third kappa shape index (κ3) is 7.13. The van der Waals surface area contributed by atoms with Gasteiger partial charge in [0.05, 0.1) is 0 Å². The quantitative estimate of drug-likeness (QED) is 0.407. The van der Waals surface area contributed by atoms with Crippen molar-refractivity contribution < 1.29 is 0 Å². The Balaban J connectivity index is 1.58. The molecule has 1 heterocycles. The van der Waals surface area contributed by atoms with Crippen molar-refractivity contribution in [3.05, 3.63) is 48.3 Å². The molecule has 0 amide bonds. The highest BCUT2D eigenvalue weighted by Crippen LogP contribution is 2.26. The minimum atomic E-state index is 0.0794. The van der Waals surface area contributed by atoms with Crippen molar-refractivity contribution in [3.8, 4) is 0 Å². The van der Waals surface area contributed by atoms with Gasteiger partial charge in [-0.05, 0) is 25.3 Å². The highest BCUT2D eigenvalue weighted by atomic mass is 15.3. The van der Waals surface area contributed by atoms with Gasteiger partial charge in [-0.3, -0.25) is 0 Å². The van der Waals surface area contributed by atoms with Crippen LogP contribution < -0.4 is 5.32 Å². The standard InChI is InChI=1S/C23H38N2/c1-3-4-5-6-7-8-9-10-11-15-18-23(2)24-19-20-25(23)21-22-16-13-12-14-17-22/h12-14,16-17,19-20,24H,3-11,15,18,21H2,1-2H3. The van der Waals surface area contributed by atoms with Crippen LogP contribution in [-0.2, 0) is 6.54 Å². The van der Waals surface area contributed by atoms with E-state index in [0.717, 1.165) is 6.54 Å². The van der Waals surface area contributed by atoms with Gasteiger partial charge >= 0.3 is 0 Å². The number of nitrogens with one attached hydrogen (secondary N) is 1. The van der Waals surface area contributed by atoms with Crippen LogP contribution in [0.4, 0.5) is 0 Å². The molecule has 2 nitrogen and oxygen atoms in total. The molecule has 0 bridgehead atoms. The Labute approximate surface area is 155 Å². The van der Waals surface area contributed by atoms with Gasteiger partial charge in [0, 0.05) is 18.9 Å². The van der Waals surface area contributed by atoms with E-state index >= 15 is 0 Å². The molecule has 140 valence electrons. The Hall–Kier alpha value is -1.44. The molecule has 2 rings (SSSR count). The minimum absolute atomic E-state index is 0.0794. The topological polar surface area (TPSA) is 15.3 Å². The van der Waals surface area contributed by atoms with E-state index in [4.69, 9.17) is 0 Å². The SMILES string of the molecule is CCCCCCCCCCCCC1(C)NC=CN1Cc1ccccc1. The monoisotopic (exact) mass is 342 g/mol. The molecule has 1 aromatic rings.